The summed E-state index contributed by atoms with van der Waals surface area (Å²) in [5, 5.41) is 13.5. The highest BCUT2D eigenvalue weighted by Crippen LogP contribution is 2.43. The molecule has 2 unspecified atom stereocenters. The maximum Gasteiger partial charge on any atom is 0.166 e. The molecule has 2 aromatic rings. The van der Waals surface area contributed by atoms with Gasteiger partial charge in [-0.3, -0.25) is 4.79 Å². The summed E-state index contributed by atoms with van der Waals surface area (Å²) in [6.07, 6.45) is 5.82. The highest BCUT2D eigenvalue weighted by atomic mass is 31.0. The van der Waals surface area contributed by atoms with Crippen LogP contribution >= 0.6 is 9.24 Å². The topological polar surface area (TPSA) is 55.8 Å². The molecule has 0 aromatic heterocycles. The fraction of sp³-hybridized carbons (Fsp3) is 0.346. The van der Waals surface area contributed by atoms with E-state index in [1.54, 1.807) is 12.1 Å². The van der Waals surface area contributed by atoms with E-state index in [9.17, 15) is 9.90 Å². The largest absolute Gasteiger partial charge is 0.504 e. The first-order valence-electron chi connectivity index (χ1n) is 10.5. The second kappa shape index (κ2) is 13.0. The standard InChI is InChI=1S/C22H29O3P.C4H6O/c1-6-9-12-24-18-11-10-16-20(21(18)23)17(14(4)7-2)13-19(26)22(16)25-15(5)8-3;1-3-4(2)5/h8,10-11,13-14,23H,3,5-7,9,12,26H2,1-2,4H3;3H,1H2,2H3. The second-order valence-corrected chi connectivity index (χ2v) is 7.94. The molecule has 0 aliphatic rings. The number of phenols is 1. The lowest BCUT2D eigenvalue weighted by Gasteiger charge is -2.20. The number of ketones is 1. The summed E-state index contributed by atoms with van der Waals surface area (Å²) < 4.78 is 11.7. The first-order valence-corrected chi connectivity index (χ1v) is 11.1. The van der Waals surface area contributed by atoms with Crippen LogP contribution in [0.1, 0.15) is 58.4 Å². The third-order valence-electron chi connectivity index (χ3n) is 4.89. The number of benzene rings is 2. The number of phenolic OH excluding ortho intramolecular Hbond substituents is 1. The van der Waals surface area contributed by atoms with Crippen LogP contribution in [0.3, 0.4) is 0 Å². The summed E-state index contributed by atoms with van der Waals surface area (Å²) in [4.78, 5) is 9.69. The van der Waals surface area contributed by atoms with Gasteiger partial charge in [0.05, 0.1) is 6.61 Å². The number of aromatic hydroxyl groups is 1. The van der Waals surface area contributed by atoms with Crippen LogP contribution in [0.2, 0.25) is 0 Å². The van der Waals surface area contributed by atoms with Crippen LogP contribution in [0.5, 0.6) is 17.2 Å². The Morgan fingerprint density at radius 2 is 1.90 bits per heavy atom. The number of allylic oxidation sites excluding steroid dienone is 2. The molecule has 2 aromatic carbocycles. The molecule has 31 heavy (non-hydrogen) atoms. The Kier molecular flexibility index (Phi) is 11.1. The molecule has 2 atom stereocenters. The van der Waals surface area contributed by atoms with Crippen molar-refractivity contribution in [3.8, 4) is 17.2 Å². The number of carbonyl (C=O) groups excluding carboxylic acids is 1. The van der Waals surface area contributed by atoms with Gasteiger partial charge >= 0.3 is 0 Å². The minimum atomic E-state index is 0.0185. The molecule has 4 nitrogen and oxygen atoms in total. The number of rotatable bonds is 10. The summed E-state index contributed by atoms with van der Waals surface area (Å²) >= 11 is 0. The Bertz CT molecular complexity index is 946. The van der Waals surface area contributed by atoms with Crippen molar-refractivity contribution in [2.24, 2.45) is 0 Å². The lowest BCUT2D eigenvalue weighted by molar-refractivity contribution is -0.112. The lowest BCUT2D eigenvalue weighted by Crippen LogP contribution is -2.07. The third kappa shape index (κ3) is 7.25. The predicted octanol–water partition coefficient (Wildman–Crippen LogP) is 6.58. The zero-order valence-corrected chi connectivity index (χ0v) is 20.3. The second-order valence-electron chi connectivity index (χ2n) is 7.32. The number of ether oxygens (including phenoxy) is 2. The van der Waals surface area contributed by atoms with E-state index in [1.165, 1.54) is 13.0 Å². The van der Waals surface area contributed by atoms with Gasteiger partial charge in [-0.2, -0.15) is 0 Å². The van der Waals surface area contributed by atoms with Gasteiger partial charge in [-0.15, -0.1) is 9.24 Å². The molecule has 0 saturated carbocycles. The predicted molar refractivity (Wildman–Crippen MR) is 135 cm³/mol. The Hall–Kier alpha value is -2.58. The van der Waals surface area contributed by atoms with Crippen molar-refractivity contribution in [1.29, 1.82) is 0 Å². The van der Waals surface area contributed by atoms with Gasteiger partial charge in [0.15, 0.2) is 17.3 Å². The van der Waals surface area contributed by atoms with Crippen LogP contribution < -0.4 is 14.8 Å². The molecule has 0 fully saturated rings. The first kappa shape index (κ1) is 26.5. The molecule has 2 rings (SSSR count). The van der Waals surface area contributed by atoms with E-state index in [-0.39, 0.29) is 11.5 Å². The van der Waals surface area contributed by atoms with E-state index >= 15 is 0 Å². The molecule has 0 aliphatic heterocycles. The molecule has 0 amide bonds. The summed E-state index contributed by atoms with van der Waals surface area (Å²) in [6.45, 7) is 19.2. The van der Waals surface area contributed by atoms with Gasteiger partial charge in [0, 0.05) is 16.1 Å². The van der Waals surface area contributed by atoms with E-state index in [2.05, 4.69) is 55.8 Å². The number of hydrogen-bond donors (Lipinski definition) is 1. The molecule has 1 N–H and O–H groups in total. The Labute approximate surface area is 188 Å². The molecular formula is C26H35O4P. The molecule has 168 valence electrons. The summed E-state index contributed by atoms with van der Waals surface area (Å²) in [6, 6.07) is 5.81. The minimum absolute atomic E-state index is 0.0185. The van der Waals surface area contributed by atoms with Gasteiger partial charge in [0.1, 0.15) is 11.5 Å². The van der Waals surface area contributed by atoms with Crippen LogP contribution in [0, 0.1) is 0 Å². The van der Waals surface area contributed by atoms with Gasteiger partial charge < -0.3 is 14.6 Å². The van der Waals surface area contributed by atoms with Crippen molar-refractivity contribution >= 4 is 31.1 Å². The number of hydrogen-bond acceptors (Lipinski definition) is 4. The maximum atomic E-state index is 11.0. The smallest absolute Gasteiger partial charge is 0.166 e. The van der Waals surface area contributed by atoms with Gasteiger partial charge in [-0.25, -0.2) is 0 Å². The molecule has 5 heteroatoms. The van der Waals surface area contributed by atoms with Crippen LogP contribution in [-0.4, -0.2) is 17.5 Å². The first-order chi connectivity index (χ1) is 14.7. The monoisotopic (exact) mass is 442 g/mol. The lowest BCUT2D eigenvalue weighted by atomic mass is 9.91. The van der Waals surface area contributed by atoms with Crippen LogP contribution in [0.25, 0.3) is 10.8 Å². The van der Waals surface area contributed by atoms with Gasteiger partial charge in [0.25, 0.3) is 0 Å². The Morgan fingerprint density at radius 3 is 2.42 bits per heavy atom. The molecule has 0 aliphatic carbocycles. The highest BCUT2D eigenvalue weighted by Gasteiger charge is 2.20. The Morgan fingerprint density at radius 1 is 1.26 bits per heavy atom. The minimum Gasteiger partial charge on any atom is -0.504 e. The third-order valence-corrected chi connectivity index (χ3v) is 5.32. The van der Waals surface area contributed by atoms with Gasteiger partial charge in [0.2, 0.25) is 0 Å². The van der Waals surface area contributed by atoms with Crippen LogP contribution in [0.15, 0.2) is 55.8 Å². The summed E-state index contributed by atoms with van der Waals surface area (Å²) in [5.41, 5.74) is 1.09. The number of fused-ring (bicyclic) bond motifs is 1. The number of carbonyl (C=O) groups is 1. The fourth-order valence-corrected chi connectivity index (χ4v) is 3.25. The van der Waals surface area contributed by atoms with Gasteiger partial charge in [-0.1, -0.05) is 46.9 Å². The van der Waals surface area contributed by atoms with Crippen LogP contribution in [-0.2, 0) is 4.79 Å². The zero-order chi connectivity index (χ0) is 23.6. The summed E-state index contributed by atoms with van der Waals surface area (Å²) in [7, 11) is 2.72. The van der Waals surface area contributed by atoms with E-state index in [0.29, 0.717) is 29.8 Å². The fourth-order valence-electron chi connectivity index (χ4n) is 2.85. The van der Waals surface area contributed by atoms with E-state index in [0.717, 1.165) is 40.9 Å². The van der Waals surface area contributed by atoms with Crippen molar-refractivity contribution < 1.29 is 19.4 Å². The SMILES string of the molecule is C=CC(=C)Oc1c(P)cc(C(C)CC)c2c(O)c(OCCCC)ccc12.C=CC(C)=O. The number of unbranched alkanes of at least 4 members (excludes halogenated alkanes) is 1. The highest BCUT2D eigenvalue weighted by molar-refractivity contribution is 7.27. The molecule has 0 radical (unpaired) electrons. The van der Waals surface area contributed by atoms with E-state index in [4.69, 9.17) is 9.47 Å². The molecular weight excluding hydrogens is 407 g/mol. The van der Waals surface area contributed by atoms with Crippen molar-refractivity contribution in [2.75, 3.05) is 6.61 Å². The maximum absolute atomic E-state index is 11.0. The van der Waals surface area contributed by atoms with Crippen LogP contribution in [0.4, 0.5) is 0 Å². The van der Waals surface area contributed by atoms with Crippen molar-refractivity contribution in [3.63, 3.8) is 0 Å². The quantitative estimate of drug-likeness (QED) is 0.148. The zero-order valence-electron chi connectivity index (χ0n) is 19.2. The normalized spacial score (nSPS) is 11.1. The van der Waals surface area contributed by atoms with E-state index in [1.807, 2.05) is 6.07 Å². The van der Waals surface area contributed by atoms with Crippen molar-refractivity contribution in [3.05, 3.63) is 61.4 Å². The molecule has 0 bridgehead atoms. The van der Waals surface area contributed by atoms with Gasteiger partial charge in [-0.05, 0) is 61.6 Å². The molecule has 0 spiro atoms. The van der Waals surface area contributed by atoms with Crippen molar-refractivity contribution in [1.82, 2.24) is 0 Å². The van der Waals surface area contributed by atoms with E-state index < -0.39 is 0 Å². The average molecular weight is 443 g/mol. The molecule has 0 saturated heterocycles. The molecule has 0 heterocycles. The van der Waals surface area contributed by atoms with Crippen molar-refractivity contribution in [2.45, 2.75) is 52.9 Å². The average Bonchev–Trinajstić information content (AvgIpc) is 2.76. The summed E-state index contributed by atoms with van der Waals surface area (Å²) in [5.74, 6) is 2.13. The Balaban J connectivity index is 0.000000861.